The third kappa shape index (κ3) is 4.92. The van der Waals surface area contributed by atoms with Crippen LogP contribution >= 0.6 is 11.3 Å². The molecule has 0 aliphatic carbocycles. The first-order valence-corrected chi connectivity index (χ1v) is 11.6. The lowest BCUT2D eigenvalue weighted by atomic mass is 9.98. The number of aliphatic carboxylic acids is 1. The van der Waals surface area contributed by atoms with Gasteiger partial charge in [0, 0.05) is 6.54 Å². The Hall–Kier alpha value is -2.83. The summed E-state index contributed by atoms with van der Waals surface area (Å²) in [5.41, 5.74) is 3.21. The summed E-state index contributed by atoms with van der Waals surface area (Å²) in [4.78, 5) is 14.0. The molecule has 0 spiro atoms. The van der Waals surface area contributed by atoms with Crippen molar-refractivity contribution in [3.63, 3.8) is 0 Å². The van der Waals surface area contributed by atoms with Crippen LogP contribution in [0.5, 0.6) is 11.5 Å². The molecule has 2 unspecified atom stereocenters. The van der Waals surface area contributed by atoms with Crippen molar-refractivity contribution in [2.24, 2.45) is 0 Å². The SMILES string of the molecule is CCOc1cc(C(c2ccsc2)N2CCCC2C(=O)O)ccc1OCc1ccccc1. The molecule has 0 radical (unpaired) electrons. The molecule has 2 aromatic carbocycles. The highest BCUT2D eigenvalue weighted by atomic mass is 32.1. The van der Waals surface area contributed by atoms with Crippen LogP contribution < -0.4 is 9.47 Å². The van der Waals surface area contributed by atoms with Crippen molar-refractivity contribution in [1.82, 2.24) is 4.90 Å². The normalized spacial score (nSPS) is 17.4. The van der Waals surface area contributed by atoms with Gasteiger partial charge in [-0.1, -0.05) is 36.4 Å². The predicted molar refractivity (Wildman–Crippen MR) is 122 cm³/mol. The number of nitrogens with zero attached hydrogens (tertiary/aromatic N) is 1. The number of ether oxygens (including phenoxy) is 2. The molecule has 1 saturated heterocycles. The minimum Gasteiger partial charge on any atom is -0.490 e. The number of likely N-dealkylation sites (tertiary alicyclic amines) is 1. The Morgan fingerprint density at radius 2 is 1.97 bits per heavy atom. The van der Waals surface area contributed by atoms with Crippen LogP contribution in [0.1, 0.15) is 42.5 Å². The lowest BCUT2D eigenvalue weighted by molar-refractivity contribution is -0.142. The van der Waals surface area contributed by atoms with Gasteiger partial charge in [0.1, 0.15) is 12.6 Å². The zero-order chi connectivity index (χ0) is 21.6. The van der Waals surface area contributed by atoms with Gasteiger partial charge in [0.25, 0.3) is 0 Å². The number of benzene rings is 2. The van der Waals surface area contributed by atoms with Crippen molar-refractivity contribution < 1.29 is 19.4 Å². The summed E-state index contributed by atoms with van der Waals surface area (Å²) in [5.74, 6) is 0.613. The van der Waals surface area contributed by atoms with E-state index in [1.165, 1.54) is 0 Å². The first-order valence-electron chi connectivity index (χ1n) is 10.6. The van der Waals surface area contributed by atoms with E-state index in [1.807, 2.05) is 60.8 Å². The van der Waals surface area contributed by atoms with E-state index in [1.54, 1.807) is 11.3 Å². The van der Waals surface area contributed by atoms with Gasteiger partial charge in [0.05, 0.1) is 12.6 Å². The van der Waals surface area contributed by atoms with Crippen molar-refractivity contribution in [3.8, 4) is 11.5 Å². The predicted octanol–water partition coefficient (Wildman–Crippen LogP) is 5.36. The lowest BCUT2D eigenvalue weighted by Gasteiger charge is -2.31. The van der Waals surface area contributed by atoms with Crippen molar-refractivity contribution in [2.45, 2.75) is 38.5 Å². The van der Waals surface area contributed by atoms with E-state index < -0.39 is 12.0 Å². The molecule has 0 amide bonds. The Kier molecular flexibility index (Phi) is 6.89. The van der Waals surface area contributed by atoms with Gasteiger partial charge >= 0.3 is 5.97 Å². The molecule has 6 heteroatoms. The quantitative estimate of drug-likeness (QED) is 0.488. The molecular weight excluding hydrogens is 410 g/mol. The molecule has 1 fully saturated rings. The lowest BCUT2D eigenvalue weighted by Crippen LogP contribution is -2.39. The van der Waals surface area contributed by atoms with Crippen LogP contribution in [0.15, 0.2) is 65.4 Å². The molecule has 1 aromatic heterocycles. The maximum atomic E-state index is 11.9. The summed E-state index contributed by atoms with van der Waals surface area (Å²) in [5, 5.41) is 13.9. The Morgan fingerprint density at radius 1 is 1.13 bits per heavy atom. The second kappa shape index (κ2) is 9.98. The van der Waals surface area contributed by atoms with E-state index >= 15 is 0 Å². The van der Waals surface area contributed by atoms with Gasteiger partial charge < -0.3 is 14.6 Å². The highest BCUT2D eigenvalue weighted by Crippen LogP contribution is 2.39. The van der Waals surface area contributed by atoms with Crippen molar-refractivity contribution in [2.75, 3.05) is 13.2 Å². The topological polar surface area (TPSA) is 59.0 Å². The minimum absolute atomic E-state index is 0.128. The smallest absolute Gasteiger partial charge is 0.320 e. The fourth-order valence-electron chi connectivity index (χ4n) is 4.19. The second-order valence-electron chi connectivity index (χ2n) is 7.61. The summed E-state index contributed by atoms with van der Waals surface area (Å²) >= 11 is 1.62. The van der Waals surface area contributed by atoms with Gasteiger partial charge in [-0.3, -0.25) is 9.69 Å². The van der Waals surface area contributed by atoms with Crippen LogP contribution in [0.25, 0.3) is 0 Å². The standard InChI is InChI=1S/C25H27NO4S/c1-2-29-23-15-19(10-11-22(23)30-16-18-7-4-3-5-8-18)24(20-12-14-31-17-20)26-13-6-9-21(26)25(27)28/h3-5,7-8,10-12,14-15,17,21,24H,2,6,9,13,16H2,1H3,(H,27,28). The maximum Gasteiger partial charge on any atom is 0.320 e. The zero-order valence-electron chi connectivity index (χ0n) is 17.6. The van der Waals surface area contributed by atoms with Gasteiger partial charge in [-0.25, -0.2) is 0 Å². The third-order valence-electron chi connectivity index (χ3n) is 5.59. The molecule has 0 bridgehead atoms. The number of hydrogen-bond donors (Lipinski definition) is 1. The first kappa shape index (κ1) is 21.4. The van der Waals surface area contributed by atoms with Crippen LogP contribution in [0.2, 0.25) is 0 Å². The average Bonchev–Trinajstić information content (AvgIpc) is 3.47. The molecule has 3 aromatic rings. The number of hydrogen-bond acceptors (Lipinski definition) is 5. The number of carboxylic acid groups (broad SMARTS) is 1. The summed E-state index contributed by atoms with van der Waals surface area (Å²) in [6.45, 7) is 3.69. The highest BCUT2D eigenvalue weighted by Gasteiger charge is 2.37. The molecule has 2 heterocycles. The summed E-state index contributed by atoms with van der Waals surface area (Å²) in [6.07, 6.45) is 1.56. The van der Waals surface area contributed by atoms with Crippen LogP contribution in [0.3, 0.4) is 0 Å². The molecule has 2 atom stereocenters. The van der Waals surface area contributed by atoms with Gasteiger partial charge in [-0.05, 0) is 65.4 Å². The van der Waals surface area contributed by atoms with Crippen LogP contribution in [0.4, 0.5) is 0 Å². The molecule has 1 aliphatic rings. The molecule has 1 aliphatic heterocycles. The fourth-order valence-corrected chi connectivity index (χ4v) is 4.87. The van der Waals surface area contributed by atoms with E-state index in [2.05, 4.69) is 16.3 Å². The minimum atomic E-state index is -0.759. The zero-order valence-corrected chi connectivity index (χ0v) is 18.4. The molecule has 31 heavy (non-hydrogen) atoms. The molecule has 4 rings (SSSR count). The highest BCUT2D eigenvalue weighted by molar-refractivity contribution is 7.08. The van der Waals surface area contributed by atoms with Gasteiger partial charge in [0.2, 0.25) is 0 Å². The van der Waals surface area contributed by atoms with E-state index in [4.69, 9.17) is 9.47 Å². The Morgan fingerprint density at radius 3 is 2.68 bits per heavy atom. The number of rotatable bonds is 9. The van der Waals surface area contributed by atoms with E-state index in [0.717, 1.165) is 29.7 Å². The van der Waals surface area contributed by atoms with Gasteiger partial charge in [0.15, 0.2) is 11.5 Å². The summed E-state index contributed by atoms with van der Waals surface area (Å²) in [6, 6.07) is 17.5. The summed E-state index contributed by atoms with van der Waals surface area (Å²) < 4.78 is 12.0. The van der Waals surface area contributed by atoms with Crippen LogP contribution in [-0.4, -0.2) is 35.2 Å². The third-order valence-corrected chi connectivity index (χ3v) is 6.29. The van der Waals surface area contributed by atoms with Gasteiger partial charge in [-0.2, -0.15) is 11.3 Å². The Balaban J connectivity index is 1.65. The monoisotopic (exact) mass is 437 g/mol. The first-order chi connectivity index (χ1) is 15.2. The maximum absolute atomic E-state index is 11.9. The van der Waals surface area contributed by atoms with Crippen LogP contribution in [-0.2, 0) is 11.4 Å². The Labute approximate surface area is 186 Å². The molecular formula is C25H27NO4S. The Bertz CT molecular complexity index is 990. The van der Waals surface area contributed by atoms with Gasteiger partial charge in [-0.15, -0.1) is 0 Å². The number of thiophene rings is 1. The molecule has 162 valence electrons. The fraction of sp³-hybridized carbons (Fsp3) is 0.320. The number of carboxylic acids is 1. The van der Waals surface area contributed by atoms with E-state index in [-0.39, 0.29) is 6.04 Å². The summed E-state index contributed by atoms with van der Waals surface area (Å²) in [7, 11) is 0. The van der Waals surface area contributed by atoms with Crippen molar-refractivity contribution >= 4 is 17.3 Å². The number of carbonyl (C=O) groups is 1. The second-order valence-corrected chi connectivity index (χ2v) is 8.39. The largest absolute Gasteiger partial charge is 0.490 e. The van der Waals surface area contributed by atoms with E-state index in [9.17, 15) is 9.90 Å². The average molecular weight is 438 g/mol. The molecule has 5 nitrogen and oxygen atoms in total. The van der Waals surface area contributed by atoms with Crippen LogP contribution in [0, 0.1) is 0 Å². The molecule has 0 saturated carbocycles. The van der Waals surface area contributed by atoms with Crippen molar-refractivity contribution in [3.05, 3.63) is 82.0 Å². The van der Waals surface area contributed by atoms with Crippen molar-refractivity contribution in [1.29, 1.82) is 0 Å². The molecule has 1 N–H and O–H groups in total. The van der Waals surface area contributed by atoms with E-state index in [0.29, 0.717) is 31.1 Å².